The van der Waals surface area contributed by atoms with Gasteiger partial charge in [0.15, 0.2) is 0 Å². The second-order valence-corrected chi connectivity index (χ2v) is 6.53. The van der Waals surface area contributed by atoms with Gasteiger partial charge < -0.3 is 0 Å². The SMILES string of the molecule is C/C(=N\Nc1nc(-c2ccccc2)c2cc(Cl)ccc2n1)c1ccccc1. The molecule has 27 heavy (non-hydrogen) atoms. The Bertz CT molecular complexity index is 1110. The number of nitrogens with one attached hydrogen (secondary N) is 1. The van der Waals surface area contributed by atoms with E-state index in [0.717, 1.165) is 33.4 Å². The fourth-order valence-corrected chi connectivity index (χ4v) is 3.02. The Morgan fingerprint density at radius 1 is 0.889 bits per heavy atom. The molecule has 0 amide bonds. The maximum Gasteiger partial charge on any atom is 0.244 e. The van der Waals surface area contributed by atoms with E-state index in [1.54, 1.807) is 0 Å². The van der Waals surface area contributed by atoms with Gasteiger partial charge in [0.1, 0.15) is 0 Å². The molecule has 0 radical (unpaired) electrons. The van der Waals surface area contributed by atoms with Gasteiger partial charge in [-0.05, 0) is 30.7 Å². The highest BCUT2D eigenvalue weighted by Crippen LogP contribution is 2.29. The minimum atomic E-state index is 0.443. The lowest BCUT2D eigenvalue weighted by atomic mass is 10.1. The topological polar surface area (TPSA) is 50.2 Å². The second kappa shape index (κ2) is 7.56. The zero-order valence-corrected chi connectivity index (χ0v) is 15.5. The zero-order valence-electron chi connectivity index (χ0n) is 14.7. The number of fused-ring (bicyclic) bond motifs is 1. The quantitative estimate of drug-likeness (QED) is 0.364. The number of nitrogens with zero attached hydrogens (tertiary/aromatic N) is 3. The third kappa shape index (κ3) is 3.81. The van der Waals surface area contributed by atoms with Crippen LogP contribution < -0.4 is 5.43 Å². The largest absolute Gasteiger partial charge is 0.245 e. The maximum absolute atomic E-state index is 6.20. The molecule has 1 N–H and O–H groups in total. The van der Waals surface area contributed by atoms with Gasteiger partial charge in [0.05, 0.1) is 16.9 Å². The Morgan fingerprint density at radius 2 is 1.59 bits per heavy atom. The number of anilines is 1. The maximum atomic E-state index is 6.20. The number of benzene rings is 3. The summed E-state index contributed by atoms with van der Waals surface area (Å²) in [6, 6.07) is 25.6. The van der Waals surface area contributed by atoms with Crippen molar-refractivity contribution in [3.05, 3.63) is 89.4 Å². The van der Waals surface area contributed by atoms with E-state index in [9.17, 15) is 0 Å². The lowest BCUT2D eigenvalue weighted by Crippen LogP contribution is -2.03. The van der Waals surface area contributed by atoms with Crippen LogP contribution in [-0.4, -0.2) is 15.7 Å². The predicted molar refractivity (Wildman–Crippen MR) is 112 cm³/mol. The van der Waals surface area contributed by atoms with Crippen molar-refractivity contribution in [2.75, 3.05) is 5.43 Å². The van der Waals surface area contributed by atoms with Gasteiger partial charge in [-0.25, -0.2) is 15.4 Å². The normalized spacial score (nSPS) is 11.6. The molecular formula is C22H17ClN4. The molecule has 132 valence electrons. The van der Waals surface area contributed by atoms with Gasteiger partial charge in [-0.3, -0.25) is 0 Å². The van der Waals surface area contributed by atoms with E-state index in [4.69, 9.17) is 11.6 Å². The summed E-state index contributed by atoms with van der Waals surface area (Å²) < 4.78 is 0. The van der Waals surface area contributed by atoms with Crippen molar-refractivity contribution in [3.8, 4) is 11.3 Å². The Hall–Kier alpha value is -3.24. The van der Waals surface area contributed by atoms with Crippen molar-refractivity contribution < 1.29 is 0 Å². The lowest BCUT2D eigenvalue weighted by Gasteiger charge is -2.09. The van der Waals surface area contributed by atoms with Gasteiger partial charge in [-0.15, -0.1) is 0 Å². The molecule has 0 spiro atoms. The van der Waals surface area contributed by atoms with Gasteiger partial charge in [-0.1, -0.05) is 72.3 Å². The first kappa shape index (κ1) is 17.2. The van der Waals surface area contributed by atoms with E-state index in [0.29, 0.717) is 11.0 Å². The monoisotopic (exact) mass is 372 g/mol. The molecule has 0 aliphatic carbocycles. The summed E-state index contributed by atoms with van der Waals surface area (Å²) in [7, 11) is 0. The van der Waals surface area contributed by atoms with E-state index in [1.165, 1.54) is 0 Å². The van der Waals surface area contributed by atoms with Gasteiger partial charge >= 0.3 is 0 Å². The van der Waals surface area contributed by atoms with Crippen LogP contribution in [0.4, 0.5) is 5.95 Å². The third-order valence-electron chi connectivity index (χ3n) is 4.22. The summed E-state index contributed by atoms with van der Waals surface area (Å²) in [5, 5.41) is 6.00. The molecule has 4 rings (SSSR count). The first-order valence-electron chi connectivity index (χ1n) is 8.59. The number of aromatic nitrogens is 2. The molecule has 1 aromatic heterocycles. The van der Waals surface area contributed by atoms with Crippen LogP contribution in [0, 0.1) is 0 Å². The van der Waals surface area contributed by atoms with Gasteiger partial charge in [0.2, 0.25) is 5.95 Å². The highest BCUT2D eigenvalue weighted by atomic mass is 35.5. The van der Waals surface area contributed by atoms with Gasteiger partial charge in [-0.2, -0.15) is 5.10 Å². The molecule has 0 aliphatic rings. The molecule has 0 aliphatic heterocycles. The minimum absolute atomic E-state index is 0.443. The molecule has 1 heterocycles. The molecule has 4 aromatic rings. The van der Waals surface area contributed by atoms with Crippen LogP contribution in [0.25, 0.3) is 22.2 Å². The molecule has 4 nitrogen and oxygen atoms in total. The Balaban J connectivity index is 1.77. The van der Waals surface area contributed by atoms with Crippen molar-refractivity contribution >= 4 is 34.2 Å². The summed E-state index contributed by atoms with van der Waals surface area (Å²) in [6.45, 7) is 1.95. The summed E-state index contributed by atoms with van der Waals surface area (Å²) in [4.78, 5) is 9.27. The number of rotatable bonds is 4. The standard InChI is InChI=1S/C22H17ClN4/c1-15(16-8-4-2-5-9-16)26-27-22-24-20-13-12-18(23)14-19(20)21(25-22)17-10-6-3-7-11-17/h2-14H,1H3,(H,24,25,27)/b26-15+. The average molecular weight is 373 g/mol. The number of halogens is 1. The van der Waals surface area contributed by atoms with Crippen LogP contribution in [0.15, 0.2) is 84.0 Å². The van der Waals surface area contributed by atoms with Gasteiger partial charge in [0.25, 0.3) is 0 Å². The third-order valence-corrected chi connectivity index (χ3v) is 4.46. The van der Waals surface area contributed by atoms with Crippen molar-refractivity contribution in [1.29, 1.82) is 0 Å². The zero-order chi connectivity index (χ0) is 18.6. The summed E-state index contributed by atoms with van der Waals surface area (Å²) in [5.41, 5.74) is 7.52. The Labute approximate surface area is 162 Å². The highest BCUT2D eigenvalue weighted by molar-refractivity contribution is 6.31. The second-order valence-electron chi connectivity index (χ2n) is 6.10. The van der Waals surface area contributed by atoms with Crippen molar-refractivity contribution in [1.82, 2.24) is 9.97 Å². The first-order valence-corrected chi connectivity index (χ1v) is 8.97. The number of hydrazone groups is 1. The van der Waals surface area contributed by atoms with Crippen LogP contribution in [0.1, 0.15) is 12.5 Å². The van der Waals surface area contributed by atoms with Crippen LogP contribution >= 0.6 is 11.6 Å². The molecule has 0 bridgehead atoms. The summed E-state index contributed by atoms with van der Waals surface area (Å²) >= 11 is 6.20. The molecule has 0 saturated heterocycles. The van der Waals surface area contributed by atoms with Crippen molar-refractivity contribution in [2.45, 2.75) is 6.92 Å². The van der Waals surface area contributed by atoms with Crippen molar-refractivity contribution in [3.63, 3.8) is 0 Å². The van der Waals surface area contributed by atoms with Crippen molar-refractivity contribution in [2.24, 2.45) is 5.10 Å². The molecule has 0 atom stereocenters. The molecule has 0 saturated carbocycles. The van der Waals surface area contributed by atoms with E-state index in [2.05, 4.69) is 20.5 Å². The fourth-order valence-electron chi connectivity index (χ4n) is 2.84. The lowest BCUT2D eigenvalue weighted by molar-refractivity contribution is 1.15. The van der Waals surface area contributed by atoms with E-state index in [1.807, 2.05) is 85.8 Å². The van der Waals surface area contributed by atoms with Crippen LogP contribution in [0.5, 0.6) is 0 Å². The molecule has 0 fully saturated rings. The highest BCUT2D eigenvalue weighted by Gasteiger charge is 2.10. The predicted octanol–water partition coefficient (Wildman–Crippen LogP) is 5.79. The average Bonchev–Trinajstić information content (AvgIpc) is 2.73. The van der Waals surface area contributed by atoms with Crippen LogP contribution in [-0.2, 0) is 0 Å². The molecule has 3 aromatic carbocycles. The minimum Gasteiger partial charge on any atom is -0.245 e. The summed E-state index contributed by atoms with van der Waals surface area (Å²) in [6.07, 6.45) is 0. The number of hydrogen-bond acceptors (Lipinski definition) is 4. The Morgan fingerprint density at radius 3 is 2.33 bits per heavy atom. The van der Waals surface area contributed by atoms with E-state index in [-0.39, 0.29) is 0 Å². The molecule has 5 heteroatoms. The van der Waals surface area contributed by atoms with E-state index < -0.39 is 0 Å². The fraction of sp³-hybridized carbons (Fsp3) is 0.0455. The molecule has 0 unspecified atom stereocenters. The first-order chi connectivity index (χ1) is 13.2. The number of hydrogen-bond donors (Lipinski definition) is 1. The summed E-state index contributed by atoms with van der Waals surface area (Å²) in [5.74, 6) is 0.443. The molecular weight excluding hydrogens is 356 g/mol. The smallest absolute Gasteiger partial charge is 0.244 e. The Kier molecular flexibility index (Phi) is 4.81. The van der Waals surface area contributed by atoms with Gasteiger partial charge in [0, 0.05) is 16.0 Å². The van der Waals surface area contributed by atoms with Crippen LogP contribution in [0.2, 0.25) is 5.02 Å². The van der Waals surface area contributed by atoms with E-state index >= 15 is 0 Å². The van der Waals surface area contributed by atoms with Crippen LogP contribution in [0.3, 0.4) is 0 Å².